The molecule has 4 heterocycles. The number of pyridine rings is 2. The Morgan fingerprint density at radius 2 is 1.82 bits per heavy atom. The summed E-state index contributed by atoms with van der Waals surface area (Å²) in [4.78, 5) is 10.9. The van der Waals surface area contributed by atoms with Crippen molar-refractivity contribution >= 4 is 40.4 Å². The average molecular weight is 497 g/mol. The van der Waals surface area contributed by atoms with Gasteiger partial charge in [-0.05, 0) is 56.3 Å². The van der Waals surface area contributed by atoms with Crippen LogP contribution in [0.3, 0.4) is 0 Å². The summed E-state index contributed by atoms with van der Waals surface area (Å²) in [5.74, 6) is 1.52. The first-order valence-electron chi connectivity index (χ1n) is 11.3. The molecule has 0 bridgehead atoms. The smallest absolute Gasteiger partial charge is 0.128 e. The molecule has 0 amide bonds. The molecule has 7 nitrogen and oxygen atoms in total. The third-order valence-electron chi connectivity index (χ3n) is 6.71. The minimum absolute atomic E-state index is 0.181. The van der Waals surface area contributed by atoms with Gasteiger partial charge < -0.3 is 20.7 Å². The summed E-state index contributed by atoms with van der Waals surface area (Å²) in [6, 6.07) is 9.17. The van der Waals surface area contributed by atoms with Crippen LogP contribution in [-0.4, -0.2) is 41.9 Å². The number of piperidine rings is 1. The molecule has 2 aromatic heterocycles. The van der Waals surface area contributed by atoms with E-state index < -0.39 is 0 Å². The number of halogens is 2. The second-order valence-corrected chi connectivity index (χ2v) is 9.82. The minimum atomic E-state index is 0.181. The summed E-state index contributed by atoms with van der Waals surface area (Å²) in [6.45, 7) is 4.49. The first-order valence-corrected chi connectivity index (χ1v) is 12.0. The summed E-state index contributed by atoms with van der Waals surface area (Å²) < 4.78 is 5.89. The van der Waals surface area contributed by atoms with E-state index in [1.807, 2.05) is 12.1 Å². The van der Waals surface area contributed by atoms with E-state index in [4.69, 9.17) is 39.1 Å². The van der Waals surface area contributed by atoms with Crippen LogP contribution in [0.1, 0.15) is 29.5 Å². The van der Waals surface area contributed by atoms with Crippen LogP contribution < -0.4 is 20.7 Å². The SMILES string of the molecule is N=C(c1ccc(N2CC3(CCNCC3)C2)nc1)c1cc(OCc2c(Cl)cncc2Cl)ccc1N. The van der Waals surface area contributed by atoms with E-state index in [0.717, 1.165) is 32.0 Å². The number of aromatic nitrogens is 2. The molecule has 1 spiro atoms. The van der Waals surface area contributed by atoms with Gasteiger partial charge in [-0.2, -0.15) is 0 Å². The highest BCUT2D eigenvalue weighted by molar-refractivity contribution is 6.35. The molecule has 4 N–H and O–H groups in total. The van der Waals surface area contributed by atoms with Crippen LogP contribution in [0.25, 0.3) is 0 Å². The molecule has 2 aliphatic heterocycles. The molecule has 9 heteroatoms. The molecule has 0 aliphatic carbocycles. The highest BCUT2D eigenvalue weighted by Crippen LogP contribution is 2.40. The molecule has 0 radical (unpaired) electrons. The van der Waals surface area contributed by atoms with Gasteiger partial charge in [-0.25, -0.2) is 4.98 Å². The lowest BCUT2D eigenvalue weighted by atomic mass is 9.72. The second-order valence-electron chi connectivity index (χ2n) is 9.01. The molecule has 1 aromatic carbocycles. The van der Waals surface area contributed by atoms with Gasteiger partial charge in [-0.15, -0.1) is 0 Å². The van der Waals surface area contributed by atoms with E-state index in [2.05, 4.69) is 20.2 Å². The van der Waals surface area contributed by atoms with Crippen LogP contribution in [0, 0.1) is 10.8 Å². The Morgan fingerprint density at radius 1 is 1.09 bits per heavy atom. The number of nitrogens with one attached hydrogen (secondary N) is 2. The van der Waals surface area contributed by atoms with Gasteiger partial charge in [0.05, 0.1) is 15.8 Å². The van der Waals surface area contributed by atoms with E-state index in [-0.39, 0.29) is 6.61 Å². The van der Waals surface area contributed by atoms with Crippen molar-refractivity contribution < 1.29 is 4.74 Å². The molecular formula is C25H26Cl2N6O. The van der Waals surface area contributed by atoms with Crippen molar-refractivity contribution in [2.75, 3.05) is 36.8 Å². The normalized spacial score (nSPS) is 16.8. The molecular weight excluding hydrogens is 471 g/mol. The fraction of sp³-hybridized carbons (Fsp3) is 0.320. The summed E-state index contributed by atoms with van der Waals surface area (Å²) in [5, 5.41) is 13.0. The van der Waals surface area contributed by atoms with E-state index in [1.54, 1.807) is 24.4 Å². The van der Waals surface area contributed by atoms with E-state index in [9.17, 15) is 0 Å². The number of hydrogen-bond acceptors (Lipinski definition) is 7. The zero-order valence-electron chi connectivity index (χ0n) is 18.7. The van der Waals surface area contributed by atoms with Gasteiger partial charge >= 0.3 is 0 Å². The maximum absolute atomic E-state index is 8.72. The van der Waals surface area contributed by atoms with Gasteiger partial charge in [0.15, 0.2) is 0 Å². The average Bonchev–Trinajstić information content (AvgIpc) is 2.83. The Morgan fingerprint density at radius 3 is 2.50 bits per heavy atom. The maximum Gasteiger partial charge on any atom is 0.128 e. The van der Waals surface area contributed by atoms with E-state index in [1.165, 1.54) is 25.2 Å². The summed E-state index contributed by atoms with van der Waals surface area (Å²) in [5.41, 5.74) is 9.36. The van der Waals surface area contributed by atoms with Crippen molar-refractivity contribution in [2.45, 2.75) is 19.4 Å². The summed E-state index contributed by atoms with van der Waals surface area (Å²) in [6.07, 6.45) is 7.25. The fourth-order valence-electron chi connectivity index (χ4n) is 4.65. The zero-order valence-corrected chi connectivity index (χ0v) is 20.2. The standard InChI is InChI=1S/C25H26Cl2N6O/c26-20-11-31-12-21(27)19(20)13-34-17-2-3-22(28)18(9-17)24(29)16-1-4-23(32-10-16)33-14-25(15-33)5-7-30-8-6-25/h1-4,9-12,29-30H,5-8,13-15,28H2. The number of nitrogens with zero attached hydrogens (tertiary/aromatic N) is 3. The Labute approximate surface area is 208 Å². The third kappa shape index (κ3) is 4.56. The second kappa shape index (κ2) is 9.41. The Bertz CT molecular complexity index is 1180. The Kier molecular flexibility index (Phi) is 6.34. The molecule has 5 rings (SSSR count). The Hall–Kier alpha value is -2.87. The lowest BCUT2D eigenvalue weighted by Crippen LogP contribution is -2.60. The van der Waals surface area contributed by atoms with Gasteiger partial charge in [0, 0.05) is 59.5 Å². The zero-order chi connectivity index (χ0) is 23.7. The lowest BCUT2D eigenvalue weighted by Gasteiger charge is -2.53. The molecule has 2 saturated heterocycles. The fourth-order valence-corrected chi connectivity index (χ4v) is 5.12. The molecule has 0 atom stereocenters. The van der Waals surface area contributed by atoms with Crippen LogP contribution in [0.2, 0.25) is 10.0 Å². The van der Waals surface area contributed by atoms with Gasteiger partial charge in [0.1, 0.15) is 18.2 Å². The maximum atomic E-state index is 8.72. The van der Waals surface area contributed by atoms with Gasteiger partial charge in [0.25, 0.3) is 0 Å². The molecule has 2 aliphatic rings. The highest BCUT2D eigenvalue weighted by Gasteiger charge is 2.43. The topological polar surface area (TPSA) is 100 Å². The number of benzene rings is 1. The number of ether oxygens (including phenoxy) is 1. The molecule has 176 valence electrons. The van der Waals surface area contributed by atoms with Crippen LogP contribution in [0.15, 0.2) is 48.9 Å². The van der Waals surface area contributed by atoms with E-state index in [0.29, 0.717) is 49.3 Å². The van der Waals surface area contributed by atoms with Crippen molar-refractivity contribution in [1.82, 2.24) is 15.3 Å². The van der Waals surface area contributed by atoms with Crippen LogP contribution in [0.5, 0.6) is 5.75 Å². The Balaban J connectivity index is 1.27. The van der Waals surface area contributed by atoms with Gasteiger partial charge in [-0.3, -0.25) is 10.4 Å². The molecule has 3 aromatic rings. The number of hydrogen-bond donors (Lipinski definition) is 3. The largest absolute Gasteiger partial charge is 0.489 e. The van der Waals surface area contributed by atoms with Crippen molar-refractivity contribution in [1.29, 1.82) is 5.41 Å². The first-order chi connectivity index (χ1) is 16.4. The first kappa shape index (κ1) is 22.9. The van der Waals surface area contributed by atoms with Gasteiger partial charge in [-0.1, -0.05) is 23.2 Å². The van der Waals surface area contributed by atoms with Crippen LogP contribution in [0.4, 0.5) is 11.5 Å². The number of nitrogen functional groups attached to an aromatic ring is 1. The molecule has 34 heavy (non-hydrogen) atoms. The van der Waals surface area contributed by atoms with Gasteiger partial charge in [0.2, 0.25) is 0 Å². The minimum Gasteiger partial charge on any atom is -0.489 e. The van der Waals surface area contributed by atoms with Crippen molar-refractivity contribution in [3.63, 3.8) is 0 Å². The van der Waals surface area contributed by atoms with E-state index >= 15 is 0 Å². The summed E-state index contributed by atoms with van der Waals surface area (Å²) >= 11 is 12.4. The highest BCUT2D eigenvalue weighted by atomic mass is 35.5. The number of rotatable bonds is 6. The summed E-state index contributed by atoms with van der Waals surface area (Å²) in [7, 11) is 0. The van der Waals surface area contributed by atoms with Crippen molar-refractivity contribution in [2.24, 2.45) is 5.41 Å². The van der Waals surface area contributed by atoms with Crippen molar-refractivity contribution in [3.05, 3.63) is 75.7 Å². The third-order valence-corrected chi connectivity index (χ3v) is 7.36. The number of anilines is 2. The molecule has 2 fully saturated rings. The monoisotopic (exact) mass is 496 g/mol. The van der Waals surface area contributed by atoms with Crippen LogP contribution >= 0.6 is 23.2 Å². The van der Waals surface area contributed by atoms with Crippen LogP contribution in [-0.2, 0) is 6.61 Å². The predicted octanol–water partition coefficient (Wildman–Crippen LogP) is 4.55. The predicted molar refractivity (Wildman–Crippen MR) is 136 cm³/mol. The molecule has 0 saturated carbocycles. The lowest BCUT2D eigenvalue weighted by molar-refractivity contribution is 0.149. The number of nitrogens with two attached hydrogens (primary N) is 1. The van der Waals surface area contributed by atoms with Crippen molar-refractivity contribution in [3.8, 4) is 5.75 Å². The quantitative estimate of drug-likeness (QED) is 0.341. The molecule has 0 unspecified atom stereocenters.